The molecule has 2 amide bonds. The van der Waals surface area contributed by atoms with Crippen molar-refractivity contribution in [3.05, 3.63) is 64.2 Å². The number of hydrogen-bond acceptors (Lipinski definition) is 6. The van der Waals surface area contributed by atoms with E-state index in [4.69, 9.17) is 9.47 Å². The summed E-state index contributed by atoms with van der Waals surface area (Å²) in [5, 5.41) is 6.32. The Hall–Kier alpha value is -3.39. The molecular weight excluding hydrogens is 414 g/mol. The standard InChI is InChI=1S/C23H23N3O4S/c1-13-6-4-5-7-18(13)24-22(28)17-8-9-19-20(17)25-23(31-19)26-21(27)14-10-15(29-2)12-16(11-14)30-3/h4-7,10-12,17H,8-9H2,1-3H3,(H,24,28)(H,25,26,27). The minimum atomic E-state index is -0.326. The van der Waals surface area contributed by atoms with Gasteiger partial charge in [-0.05, 0) is 43.5 Å². The maximum atomic E-state index is 12.9. The van der Waals surface area contributed by atoms with Crippen LogP contribution in [0.4, 0.5) is 10.8 Å². The van der Waals surface area contributed by atoms with Crippen LogP contribution in [0.25, 0.3) is 0 Å². The molecule has 1 unspecified atom stereocenters. The summed E-state index contributed by atoms with van der Waals surface area (Å²) in [4.78, 5) is 31.2. The van der Waals surface area contributed by atoms with Gasteiger partial charge in [0.05, 0.1) is 25.8 Å². The van der Waals surface area contributed by atoms with E-state index in [1.807, 2.05) is 31.2 Å². The van der Waals surface area contributed by atoms with Crippen molar-refractivity contribution in [3.63, 3.8) is 0 Å². The van der Waals surface area contributed by atoms with Crippen LogP contribution >= 0.6 is 11.3 Å². The zero-order valence-corrected chi connectivity index (χ0v) is 18.3. The molecule has 1 aliphatic rings. The van der Waals surface area contributed by atoms with Gasteiger partial charge < -0.3 is 14.8 Å². The highest BCUT2D eigenvalue weighted by Gasteiger charge is 2.33. The first-order chi connectivity index (χ1) is 15.0. The molecule has 3 aromatic rings. The van der Waals surface area contributed by atoms with Crippen LogP contribution in [0.15, 0.2) is 42.5 Å². The summed E-state index contributed by atoms with van der Waals surface area (Å²) in [6.07, 6.45) is 1.48. The number of anilines is 2. The number of nitrogens with zero attached hydrogens (tertiary/aromatic N) is 1. The molecule has 8 heteroatoms. The molecule has 0 fully saturated rings. The fourth-order valence-electron chi connectivity index (χ4n) is 3.58. The second-order valence-corrected chi connectivity index (χ2v) is 8.36. The van der Waals surface area contributed by atoms with E-state index in [1.165, 1.54) is 25.6 Å². The highest BCUT2D eigenvalue weighted by atomic mass is 32.1. The number of thiazole rings is 1. The Morgan fingerprint density at radius 2 is 1.77 bits per heavy atom. The molecule has 1 atom stereocenters. The molecule has 31 heavy (non-hydrogen) atoms. The van der Waals surface area contributed by atoms with Gasteiger partial charge in [0.1, 0.15) is 11.5 Å². The zero-order valence-electron chi connectivity index (χ0n) is 17.5. The summed E-state index contributed by atoms with van der Waals surface area (Å²) in [6, 6.07) is 12.7. The molecule has 1 aliphatic carbocycles. The van der Waals surface area contributed by atoms with Gasteiger partial charge in [-0.1, -0.05) is 18.2 Å². The second-order valence-electron chi connectivity index (χ2n) is 7.28. The van der Waals surface area contributed by atoms with E-state index in [2.05, 4.69) is 15.6 Å². The van der Waals surface area contributed by atoms with Crippen molar-refractivity contribution in [1.29, 1.82) is 0 Å². The first-order valence-electron chi connectivity index (χ1n) is 9.89. The van der Waals surface area contributed by atoms with E-state index in [-0.39, 0.29) is 17.7 Å². The van der Waals surface area contributed by atoms with Gasteiger partial charge in [0.25, 0.3) is 5.91 Å². The molecule has 2 aromatic carbocycles. The number of carbonyl (C=O) groups is 2. The van der Waals surface area contributed by atoms with Gasteiger partial charge in [-0.15, -0.1) is 11.3 Å². The first-order valence-corrected chi connectivity index (χ1v) is 10.7. The first kappa shape index (κ1) is 20.9. The number of hydrogen-bond donors (Lipinski definition) is 2. The van der Waals surface area contributed by atoms with Crippen LogP contribution in [0, 0.1) is 6.92 Å². The summed E-state index contributed by atoms with van der Waals surface area (Å²) >= 11 is 1.41. The highest BCUT2D eigenvalue weighted by Crippen LogP contribution is 2.39. The summed E-state index contributed by atoms with van der Waals surface area (Å²) < 4.78 is 10.5. The number of nitrogens with one attached hydrogen (secondary N) is 2. The summed E-state index contributed by atoms with van der Waals surface area (Å²) in [7, 11) is 3.06. The normalized spacial score (nSPS) is 14.6. The van der Waals surface area contributed by atoms with Crippen LogP contribution in [0.3, 0.4) is 0 Å². The van der Waals surface area contributed by atoms with E-state index in [1.54, 1.807) is 18.2 Å². The topological polar surface area (TPSA) is 89.6 Å². The van der Waals surface area contributed by atoms with Crippen LogP contribution < -0.4 is 20.1 Å². The lowest BCUT2D eigenvalue weighted by atomic mass is 10.1. The third-order valence-electron chi connectivity index (χ3n) is 5.27. The summed E-state index contributed by atoms with van der Waals surface area (Å²) in [5.41, 5.74) is 2.96. The molecule has 0 spiro atoms. The number of amides is 2. The Balaban J connectivity index is 1.49. The van der Waals surface area contributed by atoms with Crippen molar-refractivity contribution in [2.75, 3.05) is 24.9 Å². The minimum absolute atomic E-state index is 0.0752. The van der Waals surface area contributed by atoms with E-state index >= 15 is 0 Å². The van der Waals surface area contributed by atoms with Crippen molar-refractivity contribution in [3.8, 4) is 11.5 Å². The van der Waals surface area contributed by atoms with E-state index < -0.39 is 0 Å². The number of aromatic nitrogens is 1. The number of carbonyl (C=O) groups excluding carboxylic acids is 2. The molecular formula is C23H23N3O4S. The van der Waals surface area contributed by atoms with Crippen LogP contribution in [0.1, 0.15) is 38.8 Å². The van der Waals surface area contributed by atoms with Crippen molar-refractivity contribution in [2.45, 2.75) is 25.7 Å². The van der Waals surface area contributed by atoms with Crippen molar-refractivity contribution < 1.29 is 19.1 Å². The average Bonchev–Trinajstić information content (AvgIpc) is 3.35. The average molecular weight is 438 g/mol. The number of para-hydroxylation sites is 1. The molecule has 0 aliphatic heterocycles. The molecule has 0 bridgehead atoms. The molecule has 160 valence electrons. The van der Waals surface area contributed by atoms with Crippen LogP contribution in [0.5, 0.6) is 11.5 Å². The Kier molecular flexibility index (Phi) is 5.90. The molecule has 7 nitrogen and oxygen atoms in total. The quantitative estimate of drug-likeness (QED) is 0.597. The van der Waals surface area contributed by atoms with Crippen molar-refractivity contribution >= 4 is 34.0 Å². The molecule has 1 heterocycles. The molecule has 0 radical (unpaired) electrons. The Bertz CT molecular complexity index is 1120. The lowest BCUT2D eigenvalue weighted by Gasteiger charge is -2.12. The predicted octanol–water partition coefficient (Wildman–Crippen LogP) is 4.39. The van der Waals surface area contributed by atoms with Crippen LogP contribution in [-0.2, 0) is 11.2 Å². The maximum Gasteiger partial charge on any atom is 0.257 e. The number of benzene rings is 2. The largest absolute Gasteiger partial charge is 0.497 e. The zero-order chi connectivity index (χ0) is 22.0. The summed E-state index contributed by atoms with van der Waals surface area (Å²) in [6.45, 7) is 1.96. The van der Waals surface area contributed by atoms with E-state index in [0.29, 0.717) is 28.6 Å². The maximum absolute atomic E-state index is 12.9. The second kappa shape index (κ2) is 8.77. The number of fused-ring (bicyclic) bond motifs is 1. The summed E-state index contributed by atoms with van der Waals surface area (Å²) in [5.74, 6) is 0.339. The number of aryl methyl sites for hydroxylation is 2. The van der Waals surface area contributed by atoms with Gasteiger partial charge in [-0.2, -0.15) is 0 Å². The number of rotatable bonds is 6. The van der Waals surface area contributed by atoms with Crippen molar-refractivity contribution in [2.24, 2.45) is 0 Å². The fraction of sp³-hybridized carbons (Fsp3) is 0.261. The monoisotopic (exact) mass is 437 g/mol. The van der Waals surface area contributed by atoms with E-state index in [0.717, 1.165) is 28.2 Å². The van der Waals surface area contributed by atoms with E-state index in [9.17, 15) is 9.59 Å². The third-order valence-corrected chi connectivity index (χ3v) is 6.32. The molecule has 2 N–H and O–H groups in total. The minimum Gasteiger partial charge on any atom is -0.497 e. The molecule has 1 aromatic heterocycles. The lowest BCUT2D eigenvalue weighted by Crippen LogP contribution is -2.20. The Morgan fingerprint density at radius 1 is 1.06 bits per heavy atom. The SMILES string of the molecule is COc1cc(OC)cc(C(=O)Nc2nc3c(s2)CCC3C(=O)Nc2ccccc2C)c1. The molecule has 0 saturated heterocycles. The van der Waals surface area contributed by atoms with Gasteiger partial charge in [-0.25, -0.2) is 4.98 Å². The van der Waals surface area contributed by atoms with Crippen LogP contribution in [-0.4, -0.2) is 31.0 Å². The predicted molar refractivity (Wildman–Crippen MR) is 120 cm³/mol. The Morgan fingerprint density at radius 3 is 2.45 bits per heavy atom. The van der Waals surface area contributed by atoms with Gasteiger partial charge in [0.15, 0.2) is 5.13 Å². The third kappa shape index (κ3) is 4.39. The highest BCUT2D eigenvalue weighted by molar-refractivity contribution is 7.16. The van der Waals surface area contributed by atoms with Crippen molar-refractivity contribution in [1.82, 2.24) is 4.98 Å². The van der Waals surface area contributed by atoms with Gasteiger partial charge in [0, 0.05) is 22.2 Å². The fourth-order valence-corrected chi connectivity index (χ4v) is 4.61. The van der Waals surface area contributed by atoms with Gasteiger partial charge in [-0.3, -0.25) is 14.9 Å². The van der Waals surface area contributed by atoms with Crippen LogP contribution in [0.2, 0.25) is 0 Å². The number of ether oxygens (including phenoxy) is 2. The number of methoxy groups -OCH3 is 2. The molecule has 4 rings (SSSR count). The molecule has 0 saturated carbocycles. The van der Waals surface area contributed by atoms with Gasteiger partial charge in [0.2, 0.25) is 5.91 Å². The Labute approximate surface area is 184 Å². The smallest absolute Gasteiger partial charge is 0.257 e. The lowest BCUT2D eigenvalue weighted by molar-refractivity contribution is -0.117. The van der Waals surface area contributed by atoms with Gasteiger partial charge >= 0.3 is 0 Å².